The summed E-state index contributed by atoms with van der Waals surface area (Å²) in [7, 11) is -3.95. The summed E-state index contributed by atoms with van der Waals surface area (Å²) in [6.07, 6.45) is 0. The van der Waals surface area contributed by atoms with Gasteiger partial charge in [-0.15, -0.1) is 0 Å². The van der Waals surface area contributed by atoms with Crippen molar-refractivity contribution in [2.75, 3.05) is 49.6 Å². The number of nitrogens with one attached hydrogen (secondary N) is 2. The van der Waals surface area contributed by atoms with Crippen molar-refractivity contribution in [3.8, 4) is 5.75 Å². The predicted octanol–water partition coefficient (Wildman–Crippen LogP) is 5.21. The lowest BCUT2D eigenvalue weighted by Crippen LogP contribution is -2.16. The average molecular weight is 622 g/mol. The van der Waals surface area contributed by atoms with Gasteiger partial charge in [-0.2, -0.15) is 8.75 Å². The summed E-state index contributed by atoms with van der Waals surface area (Å²) >= 11 is 1.02. The van der Waals surface area contributed by atoms with Crippen LogP contribution in [0.3, 0.4) is 0 Å². The number of ether oxygens (including phenoxy) is 3. The van der Waals surface area contributed by atoms with E-state index in [0.717, 1.165) is 17.3 Å². The van der Waals surface area contributed by atoms with Crippen LogP contribution < -0.4 is 14.8 Å². The summed E-state index contributed by atoms with van der Waals surface area (Å²) in [5.41, 5.74) is 11.9. The van der Waals surface area contributed by atoms with Crippen LogP contribution in [0.4, 0.5) is 17.3 Å². The van der Waals surface area contributed by atoms with E-state index in [9.17, 15) is 8.42 Å². The predicted molar refractivity (Wildman–Crippen MR) is 163 cm³/mol. The molecule has 0 radical (unpaired) electrons. The molecule has 0 unspecified atom stereocenters. The molecule has 0 amide bonds. The number of anilines is 3. The molecule has 16 heteroatoms. The molecule has 0 saturated heterocycles. The zero-order valence-corrected chi connectivity index (χ0v) is 24.6. The summed E-state index contributed by atoms with van der Waals surface area (Å²) in [5.74, 6) is 0.760. The highest BCUT2D eigenvalue weighted by molar-refractivity contribution is 7.92. The third-order valence-electron chi connectivity index (χ3n) is 6.02. The van der Waals surface area contributed by atoms with Crippen LogP contribution in [0.5, 0.6) is 5.75 Å². The van der Waals surface area contributed by atoms with E-state index < -0.39 is 10.0 Å². The Bertz CT molecular complexity index is 1860. The van der Waals surface area contributed by atoms with Crippen LogP contribution in [0.1, 0.15) is 5.56 Å². The van der Waals surface area contributed by atoms with E-state index in [-0.39, 0.29) is 29.7 Å². The Morgan fingerprint density at radius 3 is 2.28 bits per heavy atom. The van der Waals surface area contributed by atoms with Crippen LogP contribution in [0, 0.1) is 6.92 Å². The number of fused-ring (bicyclic) bond motifs is 2. The van der Waals surface area contributed by atoms with Gasteiger partial charge in [0.1, 0.15) is 23.4 Å². The van der Waals surface area contributed by atoms with Crippen LogP contribution in [-0.4, -0.2) is 66.7 Å². The van der Waals surface area contributed by atoms with Crippen LogP contribution in [0.15, 0.2) is 70.7 Å². The van der Waals surface area contributed by atoms with E-state index in [0.29, 0.717) is 59.9 Å². The molecule has 5 rings (SSSR count). The van der Waals surface area contributed by atoms with E-state index in [1.807, 2.05) is 13.0 Å². The van der Waals surface area contributed by atoms with Gasteiger partial charge in [0, 0.05) is 11.5 Å². The van der Waals surface area contributed by atoms with Crippen molar-refractivity contribution in [3.63, 3.8) is 0 Å². The summed E-state index contributed by atoms with van der Waals surface area (Å²) < 4.78 is 54.5. The molecule has 5 aromatic rings. The molecule has 2 N–H and O–H groups in total. The van der Waals surface area contributed by atoms with Crippen LogP contribution in [0.2, 0.25) is 0 Å². The maximum Gasteiger partial charge on any atom is 0.263 e. The number of benzene rings is 3. The molecule has 14 nitrogen and oxygen atoms in total. The van der Waals surface area contributed by atoms with Crippen molar-refractivity contribution in [2.24, 2.45) is 5.11 Å². The largest absolute Gasteiger partial charge is 0.489 e. The lowest BCUT2D eigenvalue weighted by molar-refractivity contribution is 0.0390. The first-order valence-electron chi connectivity index (χ1n) is 13.1. The zero-order valence-electron chi connectivity index (χ0n) is 23.0. The highest BCUT2D eigenvalue weighted by Gasteiger charge is 2.20. The minimum Gasteiger partial charge on any atom is -0.489 e. The van der Waals surface area contributed by atoms with Crippen molar-refractivity contribution in [2.45, 2.75) is 11.8 Å². The van der Waals surface area contributed by atoms with E-state index in [1.165, 1.54) is 12.1 Å². The molecule has 3 aromatic carbocycles. The first kappa shape index (κ1) is 29.9. The highest BCUT2D eigenvalue weighted by Crippen LogP contribution is 2.34. The van der Waals surface area contributed by atoms with Gasteiger partial charge in [-0.1, -0.05) is 34.9 Å². The summed E-state index contributed by atoms with van der Waals surface area (Å²) in [4.78, 5) is 12.0. The van der Waals surface area contributed by atoms with Crippen molar-refractivity contribution >= 4 is 61.1 Å². The van der Waals surface area contributed by atoms with Crippen molar-refractivity contribution in [1.29, 1.82) is 0 Å². The highest BCUT2D eigenvalue weighted by atomic mass is 32.2. The van der Waals surface area contributed by atoms with Gasteiger partial charge >= 0.3 is 0 Å². The molecule has 222 valence electrons. The van der Waals surface area contributed by atoms with Gasteiger partial charge in [-0.25, -0.2) is 18.4 Å². The molecule has 2 aromatic heterocycles. The van der Waals surface area contributed by atoms with Gasteiger partial charge in [-0.05, 0) is 48.9 Å². The Labute approximate surface area is 251 Å². The van der Waals surface area contributed by atoms with Gasteiger partial charge in [0.05, 0.1) is 59.8 Å². The number of azide groups is 1. The molecular formula is C27H27N9O5S2. The van der Waals surface area contributed by atoms with E-state index in [1.54, 1.807) is 42.5 Å². The van der Waals surface area contributed by atoms with Gasteiger partial charge in [0.25, 0.3) is 10.0 Å². The maximum absolute atomic E-state index is 13.2. The fourth-order valence-electron chi connectivity index (χ4n) is 3.93. The second-order valence-corrected chi connectivity index (χ2v) is 11.3. The number of sulfonamides is 1. The van der Waals surface area contributed by atoms with E-state index in [4.69, 9.17) is 19.7 Å². The molecule has 2 heterocycles. The molecule has 0 bridgehead atoms. The maximum atomic E-state index is 13.2. The number of rotatable bonds is 15. The smallest absolute Gasteiger partial charge is 0.263 e. The second kappa shape index (κ2) is 14.0. The van der Waals surface area contributed by atoms with Crippen LogP contribution in [-0.2, 0) is 19.5 Å². The lowest BCUT2D eigenvalue weighted by atomic mass is 10.2. The first-order valence-corrected chi connectivity index (χ1v) is 15.3. The SMILES string of the molecule is Cc1ccc(S(=O)(=O)Nc2nc3ccccc3nc2Nc2ccc(OCCOCCOCCN=[N+]=[N-])c3nsnc23)cc1. The number of nitrogens with zero attached hydrogens (tertiary/aromatic N) is 7. The molecule has 0 saturated carbocycles. The first-order chi connectivity index (χ1) is 20.9. The number of hydrogen-bond acceptors (Lipinski definition) is 12. The molecule has 0 aliphatic carbocycles. The molecule has 0 aliphatic rings. The summed E-state index contributed by atoms with van der Waals surface area (Å²) in [6.45, 7) is 3.86. The molecule has 43 heavy (non-hydrogen) atoms. The number of aryl methyl sites for hydroxylation is 1. The van der Waals surface area contributed by atoms with Gasteiger partial charge in [0.15, 0.2) is 11.6 Å². The fraction of sp³-hybridized carbons (Fsp3) is 0.259. The summed E-state index contributed by atoms with van der Waals surface area (Å²) in [6, 6.07) is 17.2. The molecular weight excluding hydrogens is 594 g/mol. The Hall–Kier alpha value is -4.60. The zero-order chi connectivity index (χ0) is 30.1. The second-order valence-electron chi connectivity index (χ2n) is 9.05. The Morgan fingerprint density at radius 2 is 1.53 bits per heavy atom. The third-order valence-corrected chi connectivity index (χ3v) is 7.90. The number of para-hydroxylation sites is 2. The van der Waals surface area contributed by atoms with Gasteiger partial charge in [0.2, 0.25) is 0 Å². The lowest BCUT2D eigenvalue weighted by Gasteiger charge is -2.15. The normalized spacial score (nSPS) is 11.4. The third kappa shape index (κ3) is 7.63. The standard InChI is InChI=1S/C27H27N9O5S2/c1-18-6-8-19(9-7-18)43(37,38)35-27-26(30-20-4-2-3-5-21(20)31-27)32-22-10-11-23(25-24(22)33-42-34-25)41-17-16-40-15-14-39-13-12-29-36-28/h2-11H,12-17H2,1H3,(H,30,32)(H,31,35). The topological polar surface area (TPSA) is 186 Å². The Kier molecular flexibility index (Phi) is 9.76. The van der Waals surface area contributed by atoms with E-state index >= 15 is 0 Å². The van der Waals surface area contributed by atoms with Crippen molar-refractivity contribution in [1.82, 2.24) is 18.7 Å². The summed E-state index contributed by atoms with van der Waals surface area (Å²) in [5, 5.41) is 6.59. The van der Waals surface area contributed by atoms with Gasteiger partial charge in [-0.3, -0.25) is 4.72 Å². The quantitative estimate of drug-likeness (QED) is 0.0680. The number of hydrogen-bond donors (Lipinski definition) is 2. The Morgan fingerprint density at radius 1 is 0.860 bits per heavy atom. The molecule has 0 fully saturated rings. The monoisotopic (exact) mass is 621 g/mol. The molecule has 0 aliphatic heterocycles. The average Bonchev–Trinajstić information content (AvgIpc) is 3.50. The molecule has 0 atom stereocenters. The van der Waals surface area contributed by atoms with Crippen LogP contribution in [0.25, 0.3) is 32.5 Å². The van der Waals surface area contributed by atoms with Crippen molar-refractivity contribution in [3.05, 3.63) is 76.7 Å². The number of aromatic nitrogens is 4. The fourth-order valence-corrected chi connectivity index (χ4v) is 5.51. The Balaban J connectivity index is 1.31. The minimum atomic E-state index is -3.95. The minimum absolute atomic E-state index is 0.0369. The van der Waals surface area contributed by atoms with Crippen LogP contribution >= 0.6 is 11.7 Å². The van der Waals surface area contributed by atoms with Crippen molar-refractivity contribution < 1.29 is 22.6 Å². The molecule has 0 spiro atoms. The van der Waals surface area contributed by atoms with E-state index in [2.05, 4.69) is 38.8 Å². The van der Waals surface area contributed by atoms with Gasteiger partial charge < -0.3 is 19.5 Å².